The van der Waals surface area contributed by atoms with E-state index in [1.165, 1.54) is 18.2 Å². The van der Waals surface area contributed by atoms with Crippen molar-refractivity contribution in [3.8, 4) is 0 Å². The number of amides is 2. The van der Waals surface area contributed by atoms with Gasteiger partial charge in [0, 0.05) is 24.3 Å². The minimum absolute atomic E-state index is 0.0632. The Bertz CT molecular complexity index is 1130. The molecule has 0 spiro atoms. The number of hydrogen-bond donors (Lipinski definition) is 2. The Labute approximate surface area is 177 Å². The molecule has 2 N–H and O–H groups in total. The van der Waals surface area contributed by atoms with Crippen LogP contribution in [-0.2, 0) is 25.8 Å². The van der Waals surface area contributed by atoms with Gasteiger partial charge in [0.25, 0.3) is 0 Å². The maximum absolute atomic E-state index is 13.0. The predicted molar refractivity (Wildman–Crippen MR) is 110 cm³/mol. The first-order valence-electron chi connectivity index (χ1n) is 9.20. The summed E-state index contributed by atoms with van der Waals surface area (Å²) in [6, 6.07) is 9.04. The van der Waals surface area contributed by atoms with Crippen molar-refractivity contribution in [3.05, 3.63) is 53.6 Å². The number of benzene rings is 2. The van der Waals surface area contributed by atoms with Gasteiger partial charge in [-0.2, -0.15) is 13.2 Å². The van der Waals surface area contributed by atoms with E-state index < -0.39 is 39.5 Å². The molecule has 0 radical (unpaired) electrons. The number of nitrogens with one attached hydrogen (secondary N) is 2. The van der Waals surface area contributed by atoms with Crippen LogP contribution in [-0.4, -0.2) is 33.0 Å². The average molecular weight is 455 g/mol. The smallest absolute Gasteiger partial charge is 0.326 e. The van der Waals surface area contributed by atoms with Gasteiger partial charge in [-0.3, -0.25) is 14.3 Å². The molecular formula is C20H20F3N3O4S. The van der Waals surface area contributed by atoms with Crippen LogP contribution in [0.25, 0.3) is 0 Å². The van der Waals surface area contributed by atoms with Crippen LogP contribution < -0.4 is 14.9 Å². The minimum atomic E-state index is -4.54. The SMILES string of the molecule is Cc1ccc(NC(=O)C2CC(=O)N(c3cccc(C(F)(F)F)c3)C2)cc1NS(C)(=O)=O. The van der Waals surface area contributed by atoms with Gasteiger partial charge in [0.15, 0.2) is 0 Å². The molecule has 0 aliphatic carbocycles. The molecular weight excluding hydrogens is 435 g/mol. The zero-order valence-electron chi connectivity index (χ0n) is 16.7. The van der Waals surface area contributed by atoms with E-state index in [2.05, 4.69) is 10.0 Å². The molecule has 7 nitrogen and oxygen atoms in total. The number of carbonyl (C=O) groups is 2. The van der Waals surface area contributed by atoms with E-state index >= 15 is 0 Å². The van der Waals surface area contributed by atoms with Crippen LogP contribution in [0.2, 0.25) is 0 Å². The van der Waals surface area contributed by atoms with Crippen LogP contribution in [0.3, 0.4) is 0 Å². The van der Waals surface area contributed by atoms with Gasteiger partial charge < -0.3 is 10.2 Å². The van der Waals surface area contributed by atoms with Gasteiger partial charge in [0.2, 0.25) is 21.8 Å². The zero-order chi connectivity index (χ0) is 23.0. The fourth-order valence-electron chi connectivity index (χ4n) is 3.24. The van der Waals surface area contributed by atoms with Crippen molar-refractivity contribution >= 4 is 38.9 Å². The van der Waals surface area contributed by atoms with E-state index in [1.54, 1.807) is 19.1 Å². The molecule has 1 aliphatic rings. The molecule has 0 saturated carbocycles. The average Bonchev–Trinajstić information content (AvgIpc) is 3.05. The topological polar surface area (TPSA) is 95.6 Å². The third kappa shape index (κ3) is 5.54. The first-order chi connectivity index (χ1) is 14.3. The lowest BCUT2D eigenvalue weighted by Crippen LogP contribution is -2.28. The molecule has 1 unspecified atom stereocenters. The standard InChI is InChI=1S/C20H20F3N3O4S/c1-12-6-7-15(10-17(12)25-31(2,29)30)24-19(28)13-8-18(27)26(11-13)16-5-3-4-14(9-16)20(21,22)23/h3-7,9-10,13,25H,8,11H2,1-2H3,(H,24,28). The Balaban J connectivity index is 1.73. The number of sulfonamides is 1. The molecule has 0 aromatic heterocycles. The Hall–Kier alpha value is -3.08. The highest BCUT2D eigenvalue weighted by molar-refractivity contribution is 7.92. The molecule has 3 rings (SSSR count). The van der Waals surface area contributed by atoms with E-state index in [9.17, 15) is 31.2 Å². The summed E-state index contributed by atoms with van der Waals surface area (Å²) in [6.45, 7) is 1.63. The number of alkyl halides is 3. The summed E-state index contributed by atoms with van der Waals surface area (Å²) in [5, 5.41) is 2.63. The second kappa shape index (κ2) is 8.22. The van der Waals surface area contributed by atoms with Crippen LogP contribution in [0.15, 0.2) is 42.5 Å². The molecule has 31 heavy (non-hydrogen) atoms. The van der Waals surface area contributed by atoms with Crippen LogP contribution in [0.4, 0.5) is 30.2 Å². The monoisotopic (exact) mass is 455 g/mol. The fourth-order valence-corrected chi connectivity index (χ4v) is 3.86. The zero-order valence-corrected chi connectivity index (χ0v) is 17.5. The molecule has 2 amide bonds. The van der Waals surface area contributed by atoms with E-state index in [4.69, 9.17) is 0 Å². The first-order valence-corrected chi connectivity index (χ1v) is 11.1. The lowest BCUT2D eigenvalue weighted by molar-refractivity contribution is -0.137. The highest BCUT2D eigenvalue weighted by Gasteiger charge is 2.37. The fraction of sp³-hybridized carbons (Fsp3) is 0.300. The van der Waals surface area contributed by atoms with Crippen molar-refractivity contribution in [3.63, 3.8) is 0 Å². The molecule has 0 bridgehead atoms. The van der Waals surface area contributed by atoms with Crippen molar-refractivity contribution in [2.24, 2.45) is 5.92 Å². The van der Waals surface area contributed by atoms with E-state index in [0.29, 0.717) is 16.9 Å². The maximum atomic E-state index is 13.0. The van der Waals surface area contributed by atoms with Crippen molar-refractivity contribution in [1.29, 1.82) is 0 Å². The third-order valence-corrected chi connectivity index (χ3v) is 5.37. The second-order valence-corrected chi connectivity index (χ2v) is 9.10. The summed E-state index contributed by atoms with van der Waals surface area (Å²) in [4.78, 5) is 26.1. The normalized spacial score (nSPS) is 17.0. The van der Waals surface area contributed by atoms with Crippen LogP contribution in [0.1, 0.15) is 17.5 Å². The van der Waals surface area contributed by atoms with Crippen molar-refractivity contribution in [1.82, 2.24) is 0 Å². The summed E-state index contributed by atoms with van der Waals surface area (Å²) in [6.07, 6.45) is -3.69. The Morgan fingerprint density at radius 3 is 2.52 bits per heavy atom. The van der Waals surface area contributed by atoms with Crippen LogP contribution in [0, 0.1) is 12.8 Å². The molecule has 2 aromatic carbocycles. The number of rotatable bonds is 5. The maximum Gasteiger partial charge on any atom is 0.416 e. The van der Waals surface area contributed by atoms with Crippen molar-refractivity contribution in [2.75, 3.05) is 27.7 Å². The van der Waals surface area contributed by atoms with Gasteiger partial charge >= 0.3 is 6.18 Å². The van der Waals surface area contributed by atoms with Gasteiger partial charge in [-0.1, -0.05) is 12.1 Å². The van der Waals surface area contributed by atoms with Crippen molar-refractivity contribution in [2.45, 2.75) is 19.5 Å². The predicted octanol–water partition coefficient (Wildman–Crippen LogP) is 3.38. The lowest BCUT2D eigenvalue weighted by Gasteiger charge is -2.18. The molecule has 1 atom stereocenters. The molecule has 11 heteroatoms. The highest BCUT2D eigenvalue weighted by Crippen LogP contribution is 2.33. The number of carbonyl (C=O) groups excluding carboxylic acids is 2. The molecule has 1 fully saturated rings. The van der Waals surface area contributed by atoms with Crippen LogP contribution in [0.5, 0.6) is 0 Å². The summed E-state index contributed by atoms with van der Waals surface area (Å²) in [7, 11) is -3.51. The first kappa shape index (κ1) is 22.6. The molecule has 1 saturated heterocycles. The quantitative estimate of drug-likeness (QED) is 0.723. The summed E-state index contributed by atoms with van der Waals surface area (Å²) in [5.41, 5.74) is 0.469. The van der Waals surface area contributed by atoms with E-state index in [0.717, 1.165) is 23.3 Å². The van der Waals surface area contributed by atoms with Gasteiger partial charge in [0.05, 0.1) is 23.4 Å². The molecule has 2 aromatic rings. The van der Waals surface area contributed by atoms with E-state index in [-0.39, 0.29) is 18.7 Å². The lowest BCUT2D eigenvalue weighted by atomic mass is 10.1. The van der Waals surface area contributed by atoms with Gasteiger partial charge in [-0.15, -0.1) is 0 Å². The Morgan fingerprint density at radius 1 is 1.16 bits per heavy atom. The van der Waals surface area contributed by atoms with Gasteiger partial charge in [0.1, 0.15) is 0 Å². The Morgan fingerprint density at radius 2 is 1.87 bits per heavy atom. The number of nitrogens with zero attached hydrogens (tertiary/aromatic N) is 1. The summed E-state index contributed by atoms with van der Waals surface area (Å²) >= 11 is 0. The highest BCUT2D eigenvalue weighted by atomic mass is 32.2. The van der Waals surface area contributed by atoms with Gasteiger partial charge in [-0.25, -0.2) is 8.42 Å². The van der Waals surface area contributed by atoms with E-state index in [1.807, 2.05) is 0 Å². The van der Waals surface area contributed by atoms with Crippen molar-refractivity contribution < 1.29 is 31.2 Å². The second-order valence-electron chi connectivity index (χ2n) is 7.35. The summed E-state index contributed by atoms with van der Waals surface area (Å²) in [5.74, 6) is -1.71. The number of anilines is 3. The number of aryl methyl sites for hydroxylation is 1. The largest absolute Gasteiger partial charge is 0.416 e. The minimum Gasteiger partial charge on any atom is -0.326 e. The number of halogens is 3. The number of hydrogen-bond acceptors (Lipinski definition) is 4. The van der Waals surface area contributed by atoms with Gasteiger partial charge in [-0.05, 0) is 42.8 Å². The molecule has 1 aliphatic heterocycles. The third-order valence-electron chi connectivity index (χ3n) is 4.78. The Kier molecular flexibility index (Phi) is 5.99. The van der Waals surface area contributed by atoms with Crippen LogP contribution >= 0.6 is 0 Å². The molecule has 1 heterocycles. The molecule has 166 valence electrons. The summed E-state index contributed by atoms with van der Waals surface area (Å²) < 4.78 is 64.2.